The number of allylic oxidation sites excluding steroid dienone is 1. The quantitative estimate of drug-likeness (QED) is 0.854. The maximum Gasteiger partial charge on any atom is 0.123 e. The fourth-order valence-corrected chi connectivity index (χ4v) is 1.92. The summed E-state index contributed by atoms with van der Waals surface area (Å²) in [6.45, 7) is 3.99. The van der Waals surface area contributed by atoms with Gasteiger partial charge in [-0.05, 0) is 36.1 Å². The molecule has 0 aliphatic carbocycles. The van der Waals surface area contributed by atoms with Crippen molar-refractivity contribution in [1.82, 2.24) is 0 Å². The molecule has 2 aromatic rings. The average molecular weight is 240 g/mol. The largest absolute Gasteiger partial charge is 0.508 e. The van der Waals surface area contributed by atoms with Crippen LogP contribution in [0.3, 0.4) is 0 Å². The van der Waals surface area contributed by atoms with Crippen LogP contribution in [-0.4, -0.2) is 10.2 Å². The lowest BCUT2D eigenvalue weighted by atomic mass is 9.99. The lowest BCUT2D eigenvalue weighted by molar-refractivity contribution is 0.468. The molecule has 0 unspecified atom stereocenters. The Kier molecular flexibility index (Phi) is 3.68. The Morgan fingerprint density at radius 1 is 0.889 bits per heavy atom. The van der Waals surface area contributed by atoms with E-state index >= 15 is 0 Å². The molecule has 0 fully saturated rings. The highest BCUT2D eigenvalue weighted by molar-refractivity contribution is 5.68. The summed E-state index contributed by atoms with van der Waals surface area (Å²) < 4.78 is 0. The molecule has 0 heterocycles. The van der Waals surface area contributed by atoms with Crippen molar-refractivity contribution in [2.45, 2.75) is 12.8 Å². The summed E-state index contributed by atoms with van der Waals surface area (Å²) in [6, 6.07) is 14.4. The second kappa shape index (κ2) is 5.41. The number of aryl methyl sites for hydroxylation is 1. The zero-order chi connectivity index (χ0) is 13.0. The lowest BCUT2D eigenvalue weighted by Gasteiger charge is -2.09. The van der Waals surface area contributed by atoms with Gasteiger partial charge < -0.3 is 10.2 Å². The average Bonchev–Trinajstić information content (AvgIpc) is 2.38. The maximum absolute atomic E-state index is 9.72. The number of hydrogen-bond acceptors (Lipinski definition) is 2. The standard InChI is InChI=1S/C16H16O2/c1-12(14-7-3-5-9-16(14)18)10-11-13-6-2-4-8-15(13)17/h2-9,17-18H,1,10-11H2. The van der Waals surface area contributed by atoms with Crippen LogP contribution in [0.15, 0.2) is 55.1 Å². The van der Waals surface area contributed by atoms with Crippen LogP contribution < -0.4 is 0 Å². The predicted octanol–water partition coefficient (Wildman–Crippen LogP) is 3.74. The lowest BCUT2D eigenvalue weighted by Crippen LogP contribution is -1.89. The van der Waals surface area contributed by atoms with Gasteiger partial charge in [-0.3, -0.25) is 0 Å². The Morgan fingerprint density at radius 3 is 2.17 bits per heavy atom. The van der Waals surface area contributed by atoms with Crippen LogP contribution in [0.4, 0.5) is 0 Å². The van der Waals surface area contributed by atoms with Crippen molar-refractivity contribution in [3.63, 3.8) is 0 Å². The summed E-state index contributed by atoms with van der Waals surface area (Å²) in [5.41, 5.74) is 2.54. The molecule has 92 valence electrons. The summed E-state index contributed by atoms with van der Waals surface area (Å²) in [4.78, 5) is 0. The van der Waals surface area contributed by atoms with Crippen molar-refractivity contribution in [2.24, 2.45) is 0 Å². The van der Waals surface area contributed by atoms with Crippen LogP contribution in [0.5, 0.6) is 11.5 Å². The van der Waals surface area contributed by atoms with Gasteiger partial charge in [0, 0.05) is 5.56 Å². The van der Waals surface area contributed by atoms with Gasteiger partial charge in [-0.2, -0.15) is 0 Å². The molecular weight excluding hydrogens is 224 g/mol. The van der Waals surface area contributed by atoms with Gasteiger partial charge in [-0.1, -0.05) is 43.0 Å². The number of para-hydroxylation sites is 2. The molecule has 0 aromatic heterocycles. The van der Waals surface area contributed by atoms with E-state index in [-0.39, 0.29) is 5.75 Å². The van der Waals surface area contributed by atoms with E-state index in [1.54, 1.807) is 24.3 Å². The Balaban J connectivity index is 2.06. The first-order valence-electron chi connectivity index (χ1n) is 5.91. The van der Waals surface area contributed by atoms with Gasteiger partial charge in [0.2, 0.25) is 0 Å². The van der Waals surface area contributed by atoms with Crippen LogP contribution in [0.1, 0.15) is 17.5 Å². The van der Waals surface area contributed by atoms with Crippen molar-refractivity contribution < 1.29 is 10.2 Å². The smallest absolute Gasteiger partial charge is 0.123 e. The van der Waals surface area contributed by atoms with E-state index in [2.05, 4.69) is 6.58 Å². The molecule has 2 aromatic carbocycles. The molecule has 0 saturated heterocycles. The molecule has 18 heavy (non-hydrogen) atoms. The van der Waals surface area contributed by atoms with Crippen LogP contribution in [0.25, 0.3) is 5.57 Å². The van der Waals surface area contributed by atoms with Gasteiger partial charge >= 0.3 is 0 Å². The molecule has 2 rings (SSSR count). The van der Waals surface area contributed by atoms with Crippen molar-refractivity contribution in [3.05, 3.63) is 66.2 Å². The topological polar surface area (TPSA) is 40.5 Å². The first-order chi connectivity index (χ1) is 8.68. The van der Waals surface area contributed by atoms with Crippen molar-refractivity contribution in [2.75, 3.05) is 0 Å². The summed E-state index contributed by atoms with van der Waals surface area (Å²) in [5, 5.41) is 19.4. The van der Waals surface area contributed by atoms with Crippen LogP contribution in [-0.2, 0) is 6.42 Å². The Bertz CT molecular complexity index is 559. The molecule has 2 N–H and O–H groups in total. The molecule has 0 radical (unpaired) electrons. The molecule has 0 saturated carbocycles. The van der Waals surface area contributed by atoms with Gasteiger partial charge in [0.05, 0.1) is 0 Å². The van der Waals surface area contributed by atoms with E-state index < -0.39 is 0 Å². The summed E-state index contributed by atoms with van der Waals surface area (Å²) >= 11 is 0. The third-order valence-electron chi connectivity index (χ3n) is 2.97. The van der Waals surface area contributed by atoms with E-state index in [9.17, 15) is 10.2 Å². The molecule has 0 bridgehead atoms. The number of hydrogen-bond donors (Lipinski definition) is 2. The molecule has 0 aliphatic heterocycles. The van der Waals surface area contributed by atoms with Gasteiger partial charge in [0.1, 0.15) is 11.5 Å². The summed E-state index contributed by atoms with van der Waals surface area (Å²) in [5.74, 6) is 0.558. The first-order valence-corrected chi connectivity index (χ1v) is 5.91. The second-order valence-corrected chi connectivity index (χ2v) is 4.25. The molecule has 2 heteroatoms. The number of benzene rings is 2. The zero-order valence-corrected chi connectivity index (χ0v) is 10.1. The van der Waals surface area contributed by atoms with E-state index in [1.807, 2.05) is 24.3 Å². The molecular formula is C16H16O2. The Labute approximate surface area is 107 Å². The molecule has 0 spiro atoms. The van der Waals surface area contributed by atoms with Crippen molar-refractivity contribution in [1.29, 1.82) is 0 Å². The third-order valence-corrected chi connectivity index (χ3v) is 2.97. The number of rotatable bonds is 4. The van der Waals surface area contributed by atoms with E-state index in [0.29, 0.717) is 18.6 Å². The Hall–Kier alpha value is -2.22. The van der Waals surface area contributed by atoms with E-state index in [1.165, 1.54) is 0 Å². The highest BCUT2D eigenvalue weighted by Crippen LogP contribution is 2.28. The molecule has 0 aliphatic rings. The van der Waals surface area contributed by atoms with Gasteiger partial charge in [-0.15, -0.1) is 0 Å². The number of aromatic hydroxyl groups is 2. The molecule has 0 atom stereocenters. The minimum absolute atomic E-state index is 0.250. The minimum Gasteiger partial charge on any atom is -0.508 e. The molecule has 2 nitrogen and oxygen atoms in total. The first kappa shape index (κ1) is 12.2. The predicted molar refractivity (Wildman–Crippen MR) is 73.6 cm³/mol. The molecule has 0 amide bonds. The third kappa shape index (κ3) is 2.72. The summed E-state index contributed by atoms with van der Waals surface area (Å²) in [6.07, 6.45) is 1.41. The summed E-state index contributed by atoms with van der Waals surface area (Å²) in [7, 11) is 0. The zero-order valence-electron chi connectivity index (χ0n) is 10.1. The van der Waals surface area contributed by atoms with E-state index in [0.717, 1.165) is 16.7 Å². The van der Waals surface area contributed by atoms with Crippen LogP contribution >= 0.6 is 0 Å². The normalized spacial score (nSPS) is 10.2. The SMILES string of the molecule is C=C(CCc1ccccc1O)c1ccccc1O. The van der Waals surface area contributed by atoms with Crippen molar-refractivity contribution in [3.8, 4) is 11.5 Å². The van der Waals surface area contributed by atoms with Crippen LogP contribution in [0.2, 0.25) is 0 Å². The van der Waals surface area contributed by atoms with Crippen LogP contribution in [0, 0.1) is 0 Å². The van der Waals surface area contributed by atoms with Gasteiger partial charge in [-0.25, -0.2) is 0 Å². The minimum atomic E-state index is 0.250. The highest BCUT2D eigenvalue weighted by atomic mass is 16.3. The van der Waals surface area contributed by atoms with E-state index in [4.69, 9.17) is 0 Å². The van der Waals surface area contributed by atoms with Crippen molar-refractivity contribution >= 4 is 5.57 Å². The fraction of sp³-hybridized carbons (Fsp3) is 0.125. The fourth-order valence-electron chi connectivity index (χ4n) is 1.92. The van der Waals surface area contributed by atoms with Gasteiger partial charge in [0.15, 0.2) is 0 Å². The monoisotopic (exact) mass is 240 g/mol. The second-order valence-electron chi connectivity index (χ2n) is 4.25. The number of phenols is 2. The number of phenolic OH excluding ortho intramolecular Hbond substituents is 2. The maximum atomic E-state index is 9.72. The van der Waals surface area contributed by atoms with Gasteiger partial charge in [0.25, 0.3) is 0 Å². The highest BCUT2D eigenvalue weighted by Gasteiger charge is 2.06. The Morgan fingerprint density at radius 2 is 1.50 bits per heavy atom.